The highest BCUT2D eigenvalue weighted by molar-refractivity contribution is 9.10. The number of hydrogen-bond donors (Lipinski definition) is 1. The molecule has 1 saturated heterocycles. The molecule has 1 aliphatic heterocycles. The van der Waals surface area contributed by atoms with Gasteiger partial charge in [0, 0.05) is 43.1 Å². The summed E-state index contributed by atoms with van der Waals surface area (Å²) in [6.07, 6.45) is -10.2. The second-order valence-corrected chi connectivity index (χ2v) is 6.54. The van der Waals surface area contributed by atoms with Crippen LogP contribution in [0.1, 0.15) is 30.0 Å². The van der Waals surface area contributed by atoms with E-state index in [1.54, 1.807) is 0 Å². The van der Waals surface area contributed by atoms with Crippen molar-refractivity contribution < 1.29 is 26.3 Å². The fourth-order valence-corrected chi connectivity index (χ4v) is 3.32. The molecular formula is C15H19BrCl2F6N2. The summed E-state index contributed by atoms with van der Waals surface area (Å²) in [6, 6.07) is 2.41. The number of rotatable bonds is 4. The van der Waals surface area contributed by atoms with Crippen molar-refractivity contribution in [2.45, 2.75) is 31.2 Å². The monoisotopic (exact) mass is 490 g/mol. The lowest BCUT2D eigenvalue weighted by atomic mass is 9.97. The Morgan fingerprint density at radius 2 is 1.62 bits per heavy atom. The van der Waals surface area contributed by atoms with Gasteiger partial charge in [0.1, 0.15) is 0 Å². The van der Waals surface area contributed by atoms with E-state index >= 15 is 0 Å². The second kappa shape index (κ2) is 10.4. The van der Waals surface area contributed by atoms with E-state index in [0.29, 0.717) is 30.7 Å². The van der Waals surface area contributed by atoms with Crippen molar-refractivity contribution in [1.29, 1.82) is 0 Å². The lowest BCUT2D eigenvalue weighted by Gasteiger charge is -2.36. The average molecular weight is 492 g/mol. The third kappa shape index (κ3) is 7.42. The van der Waals surface area contributed by atoms with E-state index < -0.39 is 30.4 Å². The molecule has 1 aromatic carbocycles. The third-order valence-corrected chi connectivity index (χ3v) is 4.70. The molecule has 2 nitrogen and oxygen atoms in total. The van der Waals surface area contributed by atoms with E-state index in [-0.39, 0.29) is 36.8 Å². The van der Waals surface area contributed by atoms with Crippen molar-refractivity contribution in [2.75, 3.05) is 26.2 Å². The quantitative estimate of drug-likeness (QED) is 0.551. The summed E-state index contributed by atoms with van der Waals surface area (Å²) in [7, 11) is 0. The molecule has 1 atom stereocenters. The van der Waals surface area contributed by atoms with Crippen LogP contribution < -0.4 is 5.32 Å². The Hall–Kier alpha value is -0.220. The molecular weight excluding hydrogens is 473 g/mol. The fourth-order valence-electron chi connectivity index (χ4n) is 2.80. The van der Waals surface area contributed by atoms with Crippen LogP contribution in [0.3, 0.4) is 0 Å². The molecule has 0 saturated carbocycles. The van der Waals surface area contributed by atoms with Gasteiger partial charge in [0.15, 0.2) is 0 Å². The molecule has 0 aliphatic carbocycles. The molecule has 2 rings (SSSR count). The van der Waals surface area contributed by atoms with Crippen molar-refractivity contribution >= 4 is 40.7 Å². The highest BCUT2D eigenvalue weighted by atomic mass is 79.9. The number of alkyl halides is 6. The SMILES string of the molecule is Cl.Cl.FC(F)(F)CC[C@@H](c1cc(C(F)(F)F)ccc1Br)N1CCNCC1. The molecule has 0 amide bonds. The van der Waals surface area contributed by atoms with E-state index in [1.165, 1.54) is 6.07 Å². The second-order valence-electron chi connectivity index (χ2n) is 5.69. The first kappa shape index (κ1) is 25.8. The number of hydrogen-bond acceptors (Lipinski definition) is 2. The van der Waals surface area contributed by atoms with Crippen molar-refractivity contribution in [3.63, 3.8) is 0 Å². The fraction of sp³-hybridized carbons (Fsp3) is 0.600. The number of halogens is 9. The van der Waals surface area contributed by atoms with E-state index in [4.69, 9.17) is 0 Å². The molecule has 11 heteroatoms. The van der Waals surface area contributed by atoms with Crippen molar-refractivity contribution in [3.8, 4) is 0 Å². The first-order valence-electron chi connectivity index (χ1n) is 7.46. The topological polar surface area (TPSA) is 15.3 Å². The summed E-state index contributed by atoms with van der Waals surface area (Å²) in [5.74, 6) is 0. The lowest BCUT2D eigenvalue weighted by molar-refractivity contribution is -0.140. The maximum absolute atomic E-state index is 13.0. The van der Waals surface area contributed by atoms with Crippen LogP contribution in [0.4, 0.5) is 26.3 Å². The standard InChI is InChI=1S/C15H17BrF6N2.2ClH/c16-12-2-1-10(15(20,21)22)9-11(12)13(3-4-14(17,18)19)24-7-5-23-6-8-24;;/h1-2,9,13,23H,3-8H2;2*1H/t13-;;/m0../s1. The zero-order valence-electron chi connectivity index (χ0n) is 13.5. The smallest absolute Gasteiger partial charge is 0.314 e. The molecule has 1 aliphatic rings. The van der Waals surface area contributed by atoms with Gasteiger partial charge >= 0.3 is 12.4 Å². The zero-order valence-corrected chi connectivity index (χ0v) is 16.7. The van der Waals surface area contributed by atoms with Gasteiger partial charge in [-0.25, -0.2) is 0 Å². The first-order valence-corrected chi connectivity index (χ1v) is 8.25. The predicted octanol–water partition coefficient (Wildman–Crippen LogP) is 5.60. The molecule has 1 aromatic rings. The lowest BCUT2D eigenvalue weighted by Crippen LogP contribution is -2.45. The maximum atomic E-state index is 13.0. The van der Waals surface area contributed by atoms with Gasteiger partial charge in [-0.05, 0) is 30.2 Å². The Balaban J connectivity index is 0.00000312. The van der Waals surface area contributed by atoms with Gasteiger partial charge in [0.2, 0.25) is 0 Å². The number of piperazine rings is 1. The van der Waals surface area contributed by atoms with Crippen LogP contribution in [0.15, 0.2) is 22.7 Å². The van der Waals surface area contributed by atoms with E-state index in [1.807, 2.05) is 4.90 Å². The molecule has 0 radical (unpaired) electrons. The van der Waals surface area contributed by atoms with E-state index in [2.05, 4.69) is 21.2 Å². The van der Waals surface area contributed by atoms with Gasteiger partial charge in [-0.2, -0.15) is 26.3 Å². The number of benzene rings is 1. The molecule has 1 fully saturated rings. The van der Waals surface area contributed by atoms with Gasteiger partial charge < -0.3 is 5.32 Å². The van der Waals surface area contributed by atoms with Gasteiger partial charge in [0.05, 0.1) is 5.56 Å². The van der Waals surface area contributed by atoms with Crippen LogP contribution in [-0.4, -0.2) is 37.3 Å². The van der Waals surface area contributed by atoms with Crippen LogP contribution in [0.2, 0.25) is 0 Å². The summed E-state index contributed by atoms with van der Waals surface area (Å²) in [5.41, 5.74) is -0.608. The maximum Gasteiger partial charge on any atom is 0.416 e. The predicted molar refractivity (Wildman–Crippen MR) is 96.1 cm³/mol. The average Bonchev–Trinajstić information content (AvgIpc) is 2.48. The summed E-state index contributed by atoms with van der Waals surface area (Å²) in [6.45, 7) is 2.18. The number of nitrogens with zero attached hydrogens (tertiary/aromatic N) is 1. The van der Waals surface area contributed by atoms with E-state index in [9.17, 15) is 26.3 Å². The molecule has 1 N–H and O–H groups in total. The minimum Gasteiger partial charge on any atom is -0.314 e. The highest BCUT2D eigenvalue weighted by Gasteiger charge is 2.35. The Bertz CT molecular complexity index is 562. The van der Waals surface area contributed by atoms with Crippen molar-refractivity contribution in [2.24, 2.45) is 0 Å². The molecule has 0 unspecified atom stereocenters. The van der Waals surface area contributed by atoms with Crippen molar-refractivity contribution in [1.82, 2.24) is 10.2 Å². The summed E-state index contributed by atoms with van der Waals surface area (Å²) < 4.78 is 77.2. The van der Waals surface area contributed by atoms with Gasteiger partial charge in [-0.3, -0.25) is 4.90 Å². The minimum absolute atomic E-state index is 0. The number of nitrogens with one attached hydrogen (secondary N) is 1. The molecule has 26 heavy (non-hydrogen) atoms. The van der Waals surface area contributed by atoms with E-state index in [0.717, 1.165) is 12.1 Å². The van der Waals surface area contributed by atoms with Crippen LogP contribution in [-0.2, 0) is 6.18 Å². The van der Waals surface area contributed by atoms with Crippen LogP contribution in [0.5, 0.6) is 0 Å². The summed E-state index contributed by atoms with van der Waals surface area (Å²) >= 11 is 3.19. The van der Waals surface area contributed by atoms with Gasteiger partial charge in [0.25, 0.3) is 0 Å². The minimum atomic E-state index is -4.53. The Morgan fingerprint density at radius 3 is 2.12 bits per heavy atom. The summed E-state index contributed by atoms with van der Waals surface area (Å²) in [4.78, 5) is 1.81. The largest absolute Gasteiger partial charge is 0.416 e. The Labute approximate surface area is 168 Å². The van der Waals surface area contributed by atoms with Crippen LogP contribution in [0.25, 0.3) is 0 Å². The van der Waals surface area contributed by atoms with Gasteiger partial charge in [-0.1, -0.05) is 15.9 Å². The first-order chi connectivity index (χ1) is 11.1. The molecule has 0 spiro atoms. The zero-order chi connectivity index (χ0) is 18.0. The Kier molecular flexibility index (Phi) is 10.3. The highest BCUT2D eigenvalue weighted by Crippen LogP contribution is 2.38. The van der Waals surface area contributed by atoms with Crippen LogP contribution >= 0.6 is 40.7 Å². The molecule has 0 aromatic heterocycles. The molecule has 0 bridgehead atoms. The van der Waals surface area contributed by atoms with Crippen molar-refractivity contribution in [3.05, 3.63) is 33.8 Å². The van der Waals surface area contributed by atoms with Crippen LogP contribution in [0, 0.1) is 0 Å². The Morgan fingerprint density at radius 1 is 1.04 bits per heavy atom. The summed E-state index contributed by atoms with van der Waals surface area (Å²) in [5, 5.41) is 3.09. The third-order valence-electron chi connectivity index (χ3n) is 3.98. The molecule has 1 heterocycles. The molecule has 152 valence electrons. The normalized spacial score (nSPS) is 17.2. The van der Waals surface area contributed by atoms with Gasteiger partial charge in [-0.15, -0.1) is 24.8 Å².